The smallest absolute Gasteiger partial charge is 0.309 e. The maximum absolute atomic E-state index is 13.3. The Bertz CT molecular complexity index is 404. The van der Waals surface area contributed by atoms with Gasteiger partial charge in [0.15, 0.2) is 0 Å². The summed E-state index contributed by atoms with van der Waals surface area (Å²) in [6.07, 6.45) is 0.323. The molecule has 0 saturated carbocycles. The number of carboxylic acids is 1. The first-order chi connectivity index (χ1) is 7.24. The van der Waals surface area contributed by atoms with Crippen molar-refractivity contribution in [1.82, 2.24) is 0 Å². The number of carboxylic acid groups (broad SMARTS) is 1. The van der Waals surface area contributed by atoms with Crippen molar-refractivity contribution in [2.45, 2.75) is 27.2 Å². The van der Waals surface area contributed by atoms with Crippen molar-refractivity contribution >= 4 is 17.6 Å². The zero-order valence-electron chi connectivity index (χ0n) is 9.47. The van der Waals surface area contributed by atoms with E-state index < -0.39 is 17.2 Å². The summed E-state index contributed by atoms with van der Waals surface area (Å²) >= 11 is 5.71. The molecule has 4 heteroatoms. The first-order valence-corrected chi connectivity index (χ1v) is 5.30. The molecule has 1 N–H and O–H groups in total. The van der Waals surface area contributed by atoms with E-state index in [1.54, 1.807) is 26.8 Å². The molecule has 0 aliphatic heterocycles. The van der Waals surface area contributed by atoms with Gasteiger partial charge in [-0.1, -0.05) is 17.7 Å². The lowest BCUT2D eigenvalue weighted by molar-refractivity contribution is -0.146. The van der Waals surface area contributed by atoms with Gasteiger partial charge in [-0.05, 0) is 44.4 Å². The van der Waals surface area contributed by atoms with E-state index in [4.69, 9.17) is 16.7 Å². The van der Waals surface area contributed by atoms with Gasteiger partial charge in [-0.3, -0.25) is 4.79 Å². The summed E-state index contributed by atoms with van der Waals surface area (Å²) in [6, 6.07) is 3.11. The van der Waals surface area contributed by atoms with Crippen LogP contribution in [-0.4, -0.2) is 11.1 Å². The minimum absolute atomic E-state index is 0.0381. The van der Waals surface area contributed by atoms with Crippen molar-refractivity contribution in [3.05, 3.63) is 34.1 Å². The molecular weight excluding hydrogens is 231 g/mol. The van der Waals surface area contributed by atoms with E-state index in [-0.39, 0.29) is 5.02 Å². The van der Waals surface area contributed by atoms with Gasteiger partial charge in [0, 0.05) is 0 Å². The summed E-state index contributed by atoms with van der Waals surface area (Å²) in [7, 11) is 0. The lowest BCUT2D eigenvalue weighted by Crippen LogP contribution is -2.26. The Morgan fingerprint density at radius 1 is 1.50 bits per heavy atom. The van der Waals surface area contributed by atoms with Crippen LogP contribution in [-0.2, 0) is 11.2 Å². The Labute approximate surface area is 99.0 Å². The van der Waals surface area contributed by atoms with Crippen LogP contribution >= 0.6 is 11.6 Å². The number of aryl methyl sites for hydroxylation is 1. The second-order valence-electron chi connectivity index (χ2n) is 4.57. The highest BCUT2D eigenvalue weighted by Crippen LogP contribution is 2.26. The second kappa shape index (κ2) is 4.42. The molecule has 1 aromatic rings. The molecule has 16 heavy (non-hydrogen) atoms. The quantitative estimate of drug-likeness (QED) is 0.884. The largest absolute Gasteiger partial charge is 0.481 e. The molecule has 1 aromatic carbocycles. The number of hydrogen-bond acceptors (Lipinski definition) is 1. The van der Waals surface area contributed by atoms with Gasteiger partial charge in [-0.25, -0.2) is 4.39 Å². The van der Waals surface area contributed by atoms with Crippen LogP contribution in [0.5, 0.6) is 0 Å². The molecule has 0 radical (unpaired) electrons. The molecule has 0 aromatic heterocycles. The lowest BCUT2D eigenvalue weighted by Gasteiger charge is -2.19. The van der Waals surface area contributed by atoms with E-state index in [9.17, 15) is 9.18 Å². The Balaban J connectivity index is 3.04. The third-order valence-corrected chi connectivity index (χ3v) is 2.77. The summed E-state index contributed by atoms with van der Waals surface area (Å²) in [5.74, 6) is -1.33. The van der Waals surface area contributed by atoms with Crippen LogP contribution in [0.25, 0.3) is 0 Å². The predicted octanol–water partition coefficient (Wildman–Crippen LogP) is 3.44. The van der Waals surface area contributed by atoms with Crippen molar-refractivity contribution in [2.75, 3.05) is 0 Å². The number of carbonyl (C=O) groups is 1. The van der Waals surface area contributed by atoms with Crippen LogP contribution in [0.1, 0.15) is 25.0 Å². The highest BCUT2D eigenvalue weighted by Gasteiger charge is 2.27. The van der Waals surface area contributed by atoms with Crippen molar-refractivity contribution < 1.29 is 14.3 Å². The molecule has 0 heterocycles. The third-order valence-electron chi connectivity index (χ3n) is 2.49. The number of benzene rings is 1. The van der Waals surface area contributed by atoms with Crippen molar-refractivity contribution in [3.63, 3.8) is 0 Å². The predicted molar refractivity (Wildman–Crippen MR) is 61.3 cm³/mol. The number of halogens is 2. The number of hydrogen-bond donors (Lipinski definition) is 1. The highest BCUT2D eigenvalue weighted by molar-refractivity contribution is 6.30. The monoisotopic (exact) mass is 244 g/mol. The molecular formula is C12H14ClFO2. The summed E-state index contributed by atoms with van der Waals surface area (Å²) in [5.41, 5.74) is 0.285. The zero-order valence-corrected chi connectivity index (χ0v) is 10.2. The number of rotatable bonds is 3. The maximum Gasteiger partial charge on any atom is 0.309 e. The molecule has 88 valence electrons. The van der Waals surface area contributed by atoms with E-state index >= 15 is 0 Å². The topological polar surface area (TPSA) is 37.3 Å². The van der Waals surface area contributed by atoms with E-state index in [2.05, 4.69) is 0 Å². The van der Waals surface area contributed by atoms with E-state index in [1.165, 1.54) is 6.07 Å². The molecule has 0 bridgehead atoms. The molecule has 1 rings (SSSR count). The van der Waals surface area contributed by atoms with Gasteiger partial charge >= 0.3 is 5.97 Å². The minimum Gasteiger partial charge on any atom is -0.481 e. The molecule has 2 nitrogen and oxygen atoms in total. The Kier molecular flexibility index (Phi) is 3.58. The summed E-state index contributed by atoms with van der Waals surface area (Å²) in [6.45, 7) is 4.86. The SMILES string of the molecule is Cc1cc(CC(C)(C)C(=O)O)cc(Cl)c1F. The molecule has 0 amide bonds. The van der Waals surface area contributed by atoms with Crippen LogP contribution in [0, 0.1) is 18.2 Å². The fourth-order valence-electron chi connectivity index (χ4n) is 1.49. The van der Waals surface area contributed by atoms with Crippen LogP contribution in [0.3, 0.4) is 0 Å². The lowest BCUT2D eigenvalue weighted by atomic mass is 9.85. The van der Waals surface area contributed by atoms with Gasteiger partial charge < -0.3 is 5.11 Å². The normalized spacial score (nSPS) is 11.6. The van der Waals surface area contributed by atoms with Crippen LogP contribution in [0.2, 0.25) is 5.02 Å². The zero-order chi connectivity index (χ0) is 12.5. The van der Waals surface area contributed by atoms with Crippen molar-refractivity contribution in [2.24, 2.45) is 5.41 Å². The van der Waals surface area contributed by atoms with Crippen molar-refractivity contribution in [1.29, 1.82) is 0 Å². The molecule has 0 aliphatic rings. The van der Waals surface area contributed by atoms with Gasteiger partial charge in [-0.2, -0.15) is 0 Å². The molecule has 0 aliphatic carbocycles. The summed E-state index contributed by atoms with van der Waals surface area (Å²) < 4.78 is 13.3. The molecule has 0 unspecified atom stereocenters. The summed E-state index contributed by atoms with van der Waals surface area (Å²) in [4.78, 5) is 11.0. The molecule has 0 atom stereocenters. The van der Waals surface area contributed by atoms with Crippen LogP contribution in [0.15, 0.2) is 12.1 Å². The van der Waals surface area contributed by atoms with Gasteiger partial charge in [0.2, 0.25) is 0 Å². The van der Waals surface area contributed by atoms with E-state index in [0.29, 0.717) is 12.0 Å². The molecule has 0 spiro atoms. The first-order valence-electron chi connectivity index (χ1n) is 4.92. The first kappa shape index (κ1) is 13.0. The molecule has 0 fully saturated rings. The van der Waals surface area contributed by atoms with Crippen molar-refractivity contribution in [3.8, 4) is 0 Å². The van der Waals surface area contributed by atoms with Gasteiger partial charge in [-0.15, -0.1) is 0 Å². The van der Waals surface area contributed by atoms with Gasteiger partial charge in [0.05, 0.1) is 10.4 Å². The van der Waals surface area contributed by atoms with E-state index in [0.717, 1.165) is 5.56 Å². The number of aliphatic carboxylic acids is 1. The standard InChI is InChI=1S/C12H14ClFO2/c1-7-4-8(5-9(13)10(7)14)6-12(2,3)11(15)16/h4-5H,6H2,1-3H3,(H,15,16). The fourth-order valence-corrected chi connectivity index (χ4v) is 1.77. The van der Waals surface area contributed by atoms with Crippen LogP contribution in [0.4, 0.5) is 4.39 Å². The third kappa shape index (κ3) is 2.73. The fraction of sp³-hybridized carbons (Fsp3) is 0.417. The van der Waals surface area contributed by atoms with E-state index in [1.807, 2.05) is 0 Å². The highest BCUT2D eigenvalue weighted by atomic mass is 35.5. The van der Waals surface area contributed by atoms with Crippen LogP contribution < -0.4 is 0 Å². The average Bonchev–Trinajstić information content (AvgIpc) is 2.13. The Morgan fingerprint density at radius 2 is 2.06 bits per heavy atom. The maximum atomic E-state index is 13.3. The Morgan fingerprint density at radius 3 is 2.50 bits per heavy atom. The average molecular weight is 245 g/mol. The molecule has 0 saturated heterocycles. The minimum atomic E-state index is -0.884. The summed E-state index contributed by atoms with van der Waals surface area (Å²) in [5, 5.41) is 9.03. The van der Waals surface area contributed by atoms with Gasteiger partial charge in [0.1, 0.15) is 5.82 Å². The van der Waals surface area contributed by atoms with Gasteiger partial charge in [0.25, 0.3) is 0 Å². The Hall–Kier alpha value is -1.09. The second-order valence-corrected chi connectivity index (χ2v) is 4.98.